The average Bonchev–Trinajstić information content (AvgIpc) is 3.26. The Kier molecular flexibility index (Phi) is 5.38. The lowest BCUT2D eigenvalue weighted by Crippen LogP contribution is -2.58. The number of fused-ring (bicyclic) bond motifs is 4. The van der Waals surface area contributed by atoms with Gasteiger partial charge in [0.25, 0.3) is 0 Å². The number of alkyl carbamates (subject to hydrolysis) is 1. The molecular weight excluding hydrogens is 432 g/mol. The van der Waals surface area contributed by atoms with Gasteiger partial charge in [-0.15, -0.1) is 0 Å². The van der Waals surface area contributed by atoms with Crippen LogP contribution < -0.4 is 10.6 Å². The molecule has 0 heterocycles. The minimum atomic E-state index is -1.15. The highest BCUT2D eigenvalue weighted by molar-refractivity contribution is 5.90. The molecule has 5 rings (SSSR count). The van der Waals surface area contributed by atoms with Crippen LogP contribution in [-0.2, 0) is 14.3 Å². The van der Waals surface area contributed by atoms with Crippen molar-refractivity contribution in [2.24, 2.45) is 11.3 Å². The Hall–Kier alpha value is -3.35. The zero-order valence-corrected chi connectivity index (χ0v) is 19.5. The molecule has 2 saturated carbocycles. The molecule has 34 heavy (non-hydrogen) atoms. The molecule has 0 spiro atoms. The maximum Gasteiger partial charge on any atom is 0.408 e. The van der Waals surface area contributed by atoms with Crippen molar-refractivity contribution in [3.8, 4) is 11.1 Å². The summed E-state index contributed by atoms with van der Waals surface area (Å²) in [7, 11) is 0. The monoisotopic (exact) mass is 462 g/mol. The molecule has 2 aromatic carbocycles. The van der Waals surface area contributed by atoms with E-state index in [1.807, 2.05) is 31.2 Å². The molecule has 2 aromatic rings. The van der Waals surface area contributed by atoms with E-state index < -0.39 is 23.0 Å². The SMILES string of the molecule is CCC(C)(NC(=O)OCC1c2ccccc2-c2ccccc21)C(=O)N[C@@H]1C[C@H]2C[C@@]2(C(=O)O)C1. The van der Waals surface area contributed by atoms with Crippen LogP contribution in [0.3, 0.4) is 0 Å². The molecule has 0 radical (unpaired) electrons. The van der Waals surface area contributed by atoms with Gasteiger partial charge < -0.3 is 20.5 Å². The summed E-state index contributed by atoms with van der Waals surface area (Å²) < 4.78 is 5.62. The number of hydrogen-bond acceptors (Lipinski definition) is 4. The van der Waals surface area contributed by atoms with Crippen molar-refractivity contribution < 1.29 is 24.2 Å². The molecule has 1 unspecified atom stereocenters. The van der Waals surface area contributed by atoms with Gasteiger partial charge in [-0.05, 0) is 60.8 Å². The Labute approximate surface area is 198 Å². The van der Waals surface area contributed by atoms with Crippen LogP contribution in [0, 0.1) is 11.3 Å². The van der Waals surface area contributed by atoms with Crippen molar-refractivity contribution >= 4 is 18.0 Å². The topological polar surface area (TPSA) is 105 Å². The van der Waals surface area contributed by atoms with Crippen molar-refractivity contribution in [3.63, 3.8) is 0 Å². The molecule has 7 nitrogen and oxygen atoms in total. The van der Waals surface area contributed by atoms with E-state index in [-0.39, 0.29) is 30.4 Å². The lowest BCUT2D eigenvalue weighted by molar-refractivity contribution is -0.144. The molecule has 3 aliphatic carbocycles. The largest absolute Gasteiger partial charge is 0.481 e. The summed E-state index contributed by atoms with van der Waals surface area (Å²) in [5.74, 6) is -1.00. The zero-order valence-electron chi connectivity index (χ0n) is 19.5. The van der Waals surface area contributed by atoms with E-state index in [0.29, 0.717) is 25.7 Å². The molecule has 0 aliphatic heterocycles. The van der Waals surface area contributed by atoms with E-state index in [1.165, 1.54) is 0 Å². The van der Waals surface area contributed by atoms with E-state index >= 15 is 0 Å². The fourth-order valence-electron chi connectivity index (χ4n) is 5.78. The Morgan fingerprint density at radius 2 is 1.68 bits per heavy atom. The molecule has 3 N–H and O–H groups in total. The van der Waals surface area contributed by atoms with Gasteiger partial charge in [0.1, 0.15) is 12.1 Å². The summed E-state index contributed by atoms with van der Waals surface area (Å²) in [4.78, 5) is 37.3. The molecule has 3 aliphatic rings. The third-order valence-electron chi connectivity index (χ3n) is 8.10. The van der Waals surface area contributed by atoms with Crippen LogP contribution in [0.1, 0.15) is 56.6 Å². The number of nitrogens with one attached hydrogen (secondary N) is 2. The Morgan fingerprint density at radius 1 is 1.06 bits per heavy atom. The predicted octanol–water partition coefficient (Wildman–Crippen LogP) is 4.06. The van der Waals surface area contributed by atoms with Crippen molar-refractivity contribution in [1.29, 1.82) is 0 Å². The number of carbonyl (C=O) groups is 3. The average molecular weight is 463 g/mol. The van der Waals surface area contributed by atoms with Gasteiger partial charge in [-0.2, -0.15) is 0 Å². The van der Waals surface area contributed by atoms with Crippen LogP contribution in [0.4, 0.5) is 4.79 Å². The molecular formula is C27H30N2O5. The third-order valence-corrected chi connectivity index (χ3v) is 8.10. The van der Waals surface area contributed by atoms with Crippen molar-refractivity contribution in [1.82, 2.24) is 10.6 Å². The number of amides is 2. The number of benzene rings is 2. The van der Waals surface area contributed by atoms with E-state index in [1.54, 1.807) is 6.92 Å². The predicted molar refractivity (Wildman–Crippen MR) is 126 cm³/mol. The fraction of sp³-hybridized carbons (Fsp3) is 0.444. The lowest BCUT2D eigenvalue weighted by atomic mass is 9.96. The summed E-state index contributed by atoms with van der Waals surface area (Å²) in [5, 5.41) is 15.2. The summed E-state index contributed by atoms with van der Waals surface area (Å²) in [6.45, 7) is 3.67. The zero-order chi connectivity index (χ0) is 24.1. The Morgan fingerprint density at radius 3 is 2.24 bits per heavy atom. The van der Waals surface area contributed by atoms with Crippen LogP contribution >= 0.6 is 0 Å². The van der Waals surface area contributed by atoms with E-state index in [4.69, 9.17) is 4.74 Å². The van der Waals surface area contributed by atoms with Gasteiger partial charge in [0.2, 0.25) is 5.91 Å². The third kappa shape index (κ3) is 3.63. The minimum absolute atomic E-state index is 0.0581. The highest BCUT2D eigenvalue weighted by Crippen LogP contribution is 2.63. The molecule has 0 saturated heterocycles. The second-order valence-corrected chi connectivity index (χ2v) is 10.1. The smallest absolute Gasteiger partial charge is 0.408 e. The molecule has 7 heteroatoms. The van der Waals surface area contributed by atoms with Crippen LogP contribution in [0.2, 0.25) is 0 Å². The Balaban J connectivity index is 1.21. The minimum Gasteiger partial charge on any atom is -0.481 e. The highest BCUT2D eigenvalue weighted by atomic mass is 16.5. The number of rotatable bonds is 7. The van der Waals surface area contributed by atoms with Gasteiger partial charge in [0.15, 0.2) is 0 Å². The van der Waals surface area contributed by atoms with Crippen LogP contribution in [0.5, 0.6) is 0 Å². The summed E-state index contributed by atoms with van der Waals surface area (Å²) in [6, 6.07) is 16.1. The first kappa shape index (κ1) is 22.4. The van der Waals surface area contributed by atoms with Crippen molar-refractivity contribution in [2.45, 2.75) is 57.0 Å². The van der Waals surface area contributed by atoms with Gasteiger partial charge in [-0.1, -0.05) is 55.5 Å². The molecule has 178 valence electrons. The second-order valence-electron chi connectivity index (χ2n) is 10.1. The summed E-state index contributed by atoms with van der Waals surface area (Å²) in [6.07, 6.45) is 1.55. The number of carbonyl (C=O) groups excluding carboxylic acids is 2. The van der Waals surface area contributed by atoms with Crippen molar-refractivity contribution in [3.05, 3.63) is 59.7 Å². The fourth-order valence-corrected chi connectivity index (χ4v) is 5.78. The normalized spacial score (nSPS) is 25.9. The standard InChI is InChI=1S/C27H30N2O5/c1-3-26(2,23(30)28-17-12-16-13-27(16,14-17)24(31)32)29-25(33)34-15-22-20-10-6-4-8-18(20)19-9-5-7-11-21(19)22/h4-11,16-17,22H,3,12-15H2,1-2H3,(H,28,30)(H,29,33)(H,31,32)/t16-,17+,26?,27+/m0/s1. The van der Waals surface area contributed by atoms with Crippen LogP contribution in [-0.4, -0.2) is 41.3 Å². The maximum absolute atomic E-state index is 13.0. The maximum atomic E-state index is 13.0. The first-order valence-corrected chi connectivity index (χ1v) is 11.9. The van der Waals surface area contributed by atoms with Crippen LogP contribution in [0.15, 0.2) is 48.5 Å². The number of carboxylic acid groups (broad SMARTS) is 1. The quantitative estimate of drug-likeness (QED) is 0.576. The lowest BCUT2D eigenvalue weighted by Gasteiger charge is -2.30. The van der Waals surface area contributed by atoms with Gasteiger partial charge in [-0.25, -0.2) is 4.79 Å². The molecule has 0 aromatic heterocycles. The molecule has 0 bridgehead atoms. The van der Waals surface area contributed by atoms with Crippen LogP contribution in [0.25, 0.3) is 11.1 Å². The first-order valence-electron chi connectivity index (χ1n) is 11.9. The van der Waals surface area contributed by atoms with Gasteiger partial charge >= 0.3 is 12.1 Å². The highest BCUT2D eigenvalue weighted by Gasteiger charge is 2.65. The van der Waals surface area contributed by atoms with E-state index in [2.05, 4.69) is 34.9 Å². The molecule has 4 atom stereocenters. The number of ether oxygens (including phenoxy) is 1. The molecule has 2 fully saturated rings. The first-order chi connectivity index (χ1) is 16.3. The second kappa shape index (κ2) is 8.15. The van der Waals surface area contributed by atoms with Gasteiger partial charge in [-0.3, -0.25) is 9.59 Å². The number of aliphatic carboxylic acids is 1. The number of carboxylic acids is 1. The summed E-state index contributed by atoms with van der Waals surface area (Å²) >= 11 is 0. The summed E-state index contributed by atoms with van der Waals surface area (Å²) in [5.41, 5.74) is 2.74. The van der Waals surface area contributed by atoms with E-state index in [9.17, 15) is 19.5 Å². The van der Waals surface area contributed by atoms with Gasteiger partial charge in [0, 0.05) is 12.0 Å². The Bertz CT molecular complexity index is 1120. The molecule has 2 amide bonds. The number of hydrogen-bond donors (Lipinski definition) is 3. The van der Waals surface area contributed by atoms with Gasteiger partial charge in [0.05, 0.1) is 5.41 Å². The van der Waals surface area contributed by atoms with E-state index in [0.717, 1.165) is 22.3 Å². The van der Waals surface area contributed by atoms with Crippen molar-refractivity contribution in [2.75, 3.05) is 6.61 Å².